The van der Waals surface area contributed by atoms with E-state index in [2.05, 4.69) is 72.4 Å². The van der Waals surface area contributed by atoms with Crippen molar-refractivity contribution < 1.29 is 71.7 Å². The first-order valence-corrected chi connectivity index (χ1v) is 51.2. The third-order valence-corrected chi connectivity index (χ3v) is 36.2. The summed E-state index contributed by atoms with van der Waals surface area (Å²) >= 11 is 0. The second-order valence-electron chi connectivity index (χ2n) is 37.2. The molecule has 4 heterocycles. The lowest BCUT2D eigenvalue weighted by molar-refractivity contribution is 0.0540. The van der Waals surface area contributed by atoms with Gasteiger partial charge in [0, 0.05) is 0 Å². The van der Waals surface area contributed by atoms with Crippen molar-refractivity contribution in [1.29, 1.82) is 0 Å². The molecular weight excluding hydrogens is 1750 g/mol. The van der Waals surface area contributed by atoms with Crippen LogP contribution in [0.15, 0.2) is 285 Å². The van der Waals surface area contributed by atoms with Gasteiger partial charge in [0.1, 0.15) is 23.3 Å². The lowest BCUT2D eigenvalue weighted by Gasteiger charge is -2.38. The molecule has 4 aromatic heterocycles. The molecule has 0 spiro atoms. The van der Waals surface area contributed by atoms with Crippen molar-refractivity contribution in [2.45, 2.75) is 168 Å². The highest BCUT2D eigenvalue weighted by Crippen LogP contribution is 2.59. The van der Waals surface area contributed by atoms with Crippen molar-refractivity contribution >= 4 is 63.7 Å². The number of rotatable bonds is 23. The SMILES string of the molecule is C[C@]12Cc3cnn(-c4ccc(F)cc4)c3C=C1CC[C@@H]2C[C@@H](O)CS(=O)(=O)c1ccccc1.C[C@]12Cc3cnn(-c4ccc(F)cc4)c3C=C1CC[C@@H]2C[C@H](O)CS(=O)(=O)c1ccccc1.C[C@]12Cc3cnn(-c4ccc(F)cc4)c3C=C1CC[C@@H]2[C@H](O)CCS(=O)(=O)c1ccccc1.C[C@]12Cc3cnn(-c4ccc(F)cc4)c3C=C1CC[C@@H]2[C@H](O)CS(=O)(=O)c1ccccc1. The van der Waals surface area contributed by atoms with Gasteiger partial charge in [-0.15, -0.1) is 0 Å². The van der Waals surface area contributed by atoms with Gasteiger partial charge in [-0.25, -0.2) is 70.0 Å². The van der Waals surface area contributed by atoms with Crippen LogP contribution >= 0.6 is 0 Å². The zero-order valence-corrected chi connectivity index (χ0v) is 76.5. The van der Waals surface area contributed by atoms with Gasteiger partial charge in [-0.1, -0.05) is 123 Å². The molecule has 4 N–H and O–H groups in total. The molecule has 8 aliphatic rings. The van der Waals surface area contributed by atoms with Crippen LogP contribution in [0.1, 0.15) is 143 Å². The molecule has 0 unspecified atom stereocenters. The monoisotopic (exact) mass is 1850 g/mol. The average Bonchev–Trinajstić information content (AvgIpc) is 1.61. The third kappa shape index (κ3) is 18.8. The Morgan fingerprint density at radius 1 is 0.328 bits per heavy atom. The van der Waals surface area contributed by atoms with Gasteiger partial charge in [0.05, 0.1) is 137 Å². The molecule has 12 atom stereocenters. The lowest BCUT2D eigenvalue weighted by Crippen LogP contribution is -2.39. The van der Waals surface area contributed by atoms with Crippen molar-refractivity contribution in [3.63, 3.8) is 0 Å². The Hall–Kier alpha value is -11.1. The van der Waals surface area contributed by atoms with Gasteiger partial charge in [-0.3, -0.25) is 0 Å². The van der Waals surface area contributed by atoms with Crippen LogP contribution in [0, 0.1) is 68.6 Å². The molecule has 4 fully saturated rings. The maximum atomic E-state index is 13.3. The molecule has 4 saturated carbocycles. The summed E-state index contributed by atoms with van der Waals surface area (Å²) < 4.78 is 162. The topological polar surface area (TPSA) is 289 Å². The van der Waals surface area contributed by atoms with Crippen molar-refractivity contribution in [1.82, 2.24) is 39.1 Å². The maximum absolute atomic E-state index is 13.3. The first kappa shape index (κ1) is 91.8. The van der Waals surface area contributed by atoms with E-state index in [1.165, 1.54) is 70.8 Å². The number of fused-ring (bicyclic) bond motifs is 8. The Kier molecular flexibility index (Phi) is 25.8. The smallest absolute Gasteiger partial charge is 0.180 e. The molecule has 0 bridgehead atoms. The van der Waals surface area contributed by atoms with E-state index in [0.717, 1.165) is 138 Å². The van der Waals surface area contributed by atoms with E-state index < -0.39 is 63.8 Å². The normalized spacial score (nSPS) is 23.1. The minimum absolute atomic E-state index is 0.0166. The van der Waals surface area contributed by atoms with Crippen molar-refractivity contribution in [2.75, 3.05) is 23.0 Å². The fourth-order valence-corrected chi connectivity index (χ4v) is 27.4. The highest BCUT2D eigenvalue weighted by molar-refractivity contribution is 7.92. The van der Waals surface area contributed by atoms with Gasteiger partial charge >= 0.3 is 0 Å². The van der Waals surface area contributed by atoms with Crippen LogP contribution in [0.25, 0.3) is 47.1 Å². The van der Waals surface area contributed by atoms with Crippen molar-refractivity contribution in [2.24, 2.45) is 45.3 Å². The molecule has 8 aliphatic carbocycles. The minimum Gasteiger partial charge on any atom is -0.393 e. The quantitative estimate of drug-likeness (QED) is 0.0433. The van der Waals surface area contributed by atoms with Crippen LogP contribution in [0.4, 0.5) is 17.6 Å². The average molecular weight is 1850 g/mol. The Morgan fingerprint density at radius 3 is 0.878 bits per heavy atom. The number of aromatic nitrogens is 8. The summed E-state index contributed by atoms with van der Waals surface area (Å²) in [6, 6.07) is 58.4. The molecule has 28 heteroatoms. The molecule has 8 aromatic carbocycles. The van der Waals surface area contributed by atoms with Crippen LogP contribution in [-0.2, 0) is 65.0 Å². The number of sulfone groups is 4. The summed E-state index contributed by atoms with van der Waals surface area (Å²) in [6.45, 7) is 8.72. The number of hydrogen-bond donors (Lipinski definition) is 4. The Labute approximate surface area is 762 Å². The van der Waals surface area contributed by atoms with Gasteiger partial charge in [0.2, 0.25) is 0 Å². The van der Waals surface area contributed by atoms with Gasteiger partial charge < -0.3 is 20.4 Å². The van der Waals surface area contributed by atoms with Gasteiger partial charge in [0.15, 0.2) is 39.3 Å². The summed E-state index contributed by atoms with van der Waals surface area (Å²) in [6.07, 6.45) is 23.5. The molecule has 0 amide bonds. The zero-order valence-electron chi connectivity index (χ0n) is 73.2. The summed E-state index contributed by atoms with van der Waals surface area (Å²) in [5.74, 6) is -1.83. The van der Waals surface area contributed by atoms with E-state index in [9.17, 15) is 71.7 Å². The maximum Gasteiger partial charge on any atom is 0.180 e. The second kappa shape index (κ2) is 36.8. The second-order valence-corrected chi connectivity index (χ2v) is 45.4. The molecule has 20 rings (SSSR count). The van der Waals surface area contributed by atoms with Crippen LogP contribution in [0.5, 0.6) is 0 Å². The first-order valence-electron chi connectivity index (χ1n) is 44.6. The highest BCUT2D eigenvalue weighted by Gasteiger charge is 2.52. The molecule has 0 saturated heterocycles. The number of aliphatic hydroxyl groups is 4. The van der Waals surface area contributed by atoms with Crippen LogP contribution in [0.3, 0.4) is 0 Å². The highest BCUT2D eigenvalue weighted by atomic mass is 32.2. The van der Waals surface area contributed by atoms with Crippen LogP contribution < -0.4 is 0 Å². The Morgan fingerprint density at radius 2 is 0.580 bits per heavy atom. The lowest BCUT2D eigenvalue weighted by atomic mass is 9.68. The van der Waals surface area contributed by atoms with E-state index >= 15 is 0 Å². The Bertz CT molecular complexity index is 6610. The summed E-state index contributed by atoms with van der Waals surface area (Å²) in [5, 5.41) is 61.7. The molecule has 12 aromatic rings. The van der Waals surface area contributed by atoms with E-state index in [-0.39, 0.29) is 113 Å². The molecule has 131 heavy (non-hydrogen) atoms. The van der Waals surface area contributed by atoms with E-state index in [0.29, 0.717) is 24.2 Å². The van der Waals surface area contributed by atoms with E-state index in [1.807, 2.05) is 43.5 Å². The first-order chi connectivity index (χ1) is 62.6. The number of benzene rings is 8. The predicted octanol–water partition coefficient (Wildman–Crippen LogP) is 18.0. The Balaban J connectivity index is 0.000000122. The van der Waals surface area contributed by atoms with Crippen LogP contribution in [0.2, 0.25) is 0 Å². The largest absolute Gasteiger partial charge is 0.393 e. The van der Waals surface area contributed by atoms with Crippen LogP contribution in [-0.4, -0.2) is 141 Å². The number of halogens is 4. The summed E-state index contributed by atoms with van der Waals surface area (Å²) in [7, 11) is -14.1. The number of aliphatic hydroxyl groups excluding tert-OH is 4. The van der Waals surface area contributed by atoms with E-state index in [4.69, 9.17) is 0 Å². The van der Waals surface area contributed by atoms with E-state index in [1.54, 1.807) is 170 Å². The number of allylic oxidation sites excluding steroid dienone is 4. The molecule has 0 aliphatic heterocycles. The minimum atomic E-state index is -3.57. The zero-order chi connectivity index (χ0) is 92.2. The summed E-state index contributed by atoms with van der Waals surface area (Å²) in [4.78, 5) is 1.03. The predicted molar refractivity (Wildman–Crippen MR) is 496 cm³/mol. The summed E-state index contributed by atoms with van der Waals surface area (Å²) in [5.41, 5.74) is 15.8. The molecular formula is C103H106F4N8O12S4. The standard InChI is InChI=1S/3C26H27FN2O3S.C25H25FN2O3S/c1-26-16-18-17-28-29(21-10-8-20(27)9-11-21)24(18)15-19(26)7-12-23(26)25(30)13-14-33(31,32)22-5-3-2-4-6-22;2*1-26-15-18-16-28-29(22-11-9-21(27)10-12-22)25(18)14-20(26)8-7-19(26)13-23(30)17-33(31,32)24-5-3-2-4-6-24;1-25-14-17-15-27-28(20-10-8-19(26)9-11-20)23(17)13-18(25)7-12-22(25)24(29)16-32(30,31)21-5-3-2-4-6-21/h2-6,8-11,15,17,23,25,30H,7,12-14,16H2,1H3;2*2-6,9-12,14,16,19,23,30H,7-8,13,15,17H2,1H3;2-6,8-11,13,15,22,24,29H,7,12,14,16H2,1H3/t23-,25-,26+;19-,23+,26-;19-,23-,26-;22-,24-,25+/m1111/s1. The molecule has 682 valence electrons. The van der Waals surface area contributed by atoms with Gasteiger partial charge in [-0.05, 0) is 334 Å². The molecule has 20 nitrogen and oxygen atoms in total. The number of nitrogens with zero attached hydrogens (tertiary/aromatic N) is 8. The van der Waals surface area contributed by atoms with Crippen molar-refractivity contribution in [3.8, 4) is 22.7 Å². The van der Waals surface area contributed by atoms with Crippen molar-refractivity contribution in [3.05, 3.63) is 334 Å². The fourth-order valence-electron chi connectivity index (χ4n) is 21.8. The van der Waals surface area contributed by atoms with Gasteiger partial charge in [0.25, 0.3) is 0 Å². The third-order valence-electron chi connectivity index (χ3n) is 29.0. The number of hydrogen-bond acceptors (Lipinski definition) is 16. The fraction of sp³-hybridized carbons (Fsp3) is 0.340. The van der Waals surface area contributed by atoms with Gasteiger partial charge in [-0.2, -0.15) is 20.4 Å². The molecule has 0 radical (unpaired) electrons.